The molecule has 0 fully saturated rings. The van der Waals surface area contributed by atoms with E-state index in [0.717, 1.165) is 11.1 Å². The minimum absolute atomic E-state index is 0.252. The van der Waals surface area contributed by atoms with E-state index in [-0.39, 0.29) is 12.2 Å². The topological polar surface area (TPSA) is 66.4 Å². The first kappa shape index (κ1) is 14.5. The number of nitrogens with one attached hydrogen (secondary N) is 1. The van der Waals surface area contributed by atoms with Gasteiger partial charge < -0.3 is 10.4 Å². The predicted molar refractivity (Wildman–Crippen MR) is 83.8 cm³/mol. The Bertz CT molecular complexity index is 782. The molecule has 22 heavy (non-hydrogen) atoms. The van der Waals surface area contributed by atoms with Crippen molar-refractivity contribution in [3.8, 4) is 0 Å². The number of para-hydroxylation sites is 1. The van der Waals surface area contributed by atoms with E-state index in [2.05, 4.69) is 5.32 Å². The number of aliphatic hydroxyl groups is 1. The molecule has 2 N–H and O–H groups in total. The smallest absolute Gasteiger partial charge is 0.261 e. The fourth-order valence-electron chi connectivity index (χ4n) is 2.73. The monoisotopic (exact) mass is 295 g/mol. The summed E-state index contributed by atoms with van der Waals surface area (Å²) in [4.78, 5) is 24.6. The van der Waals surface area contributed by atoms with Gasteiger partial charge in [0, 0.05) is 16.8 Å². The first-order valence-corrected chi connectivity index (χ1v) is 7.15. The van der Waals surface area contributed by atoms with Gasteiger partial charge in [0.15, 0.2) is 11.4 Å². The molecule has 1 unspecified atom stereocenters. The molecule has 1 amide bonds. The molecule has 1 heterocycles. The summed E-state index contributed by atoms with van der Waals surface area (Å²) in [6.45, 7) is 3.90. The van der Waals surface area contributed by atoms with E-state index >= 15 is 0 Å². The molecule has 0 aromatic heterocycles. The number of rotatable bonds is 3. The Hall–Kier alpha value is -2.46. The van der Waals surface area contributed by atoms with Crippen LogP contribution in [0.25, 0.3) is 0 Å². The molecular formula is C18H17NO3. The van der Waals surface area contributed by atoms with Gasteiger partial charge in [0.2, 0.25) is 0 Å². The van der Waals surface area contributed by atoms with Crippen LogP contribution in [0, 0.1) is 13.8 Å². The molecule has 112 valence electrons. The SMILES string of the molecule is Cc1ccc(C(=O)CC2(O)C(=O)Nc3ccccc32)cc1C. The van der Waals surface area contributed by atoms with Crippen molar-refractivity contribution in [2.24, 2.45) is 0 Å². The lowest BCUT2D eigenvalue weighted by Gasteiger charge is -2.20. The number of hydrogen-bond acceptors (Lipinski definition) is 3. The van der Waals surface area contributed by atoms with Gasteiger partial charge in [0.1, 0.15) is 0 Å². The highest BCUT2D eigenvalue weighted by atomic mass is 16.3. The van der Waals surface area contributed by atoms with Gasteiger partial charge in [-0.2, -0.15) is 0 Å². The molecule has 1 atom stereocenters. The maximum atomic E-state index is 12.5. The van der Waals surface area contributed by atoms with Crippen molar-refractivity contribution in [2.45, 2.75) is 25.9 Å². The first-order valence-electron chi connectivity index (χ1n) is 7.15. The summed E-state index contributed by atoms with van der Waals surface area (Å²) >= 11 is 0. The lowest BCUT2D eigenvalue weighted by molar-refractivity contribution is -0.133. The Morgan fingerprint density at radius 1 is 1.14 bits per heavy atom. The molecule has 4 heteroatoms. The molecule has 4 nitrogen and oxygen atoms in total. The Kier molecular flexibility index (Phi) is 3.34. The van der Waals surface area contributed by atoms with Gasteiger partial charge in [0.25, 0.3) is 5.91 Å². The number of carbonyl (C=O) groups excluding carboxylic acids is 2. The standard InChI is InChI=1S/C18H17NO3/c1-11-7-8-13(9-12(11)2)16(20)10-18(22)14-5-3-4-6-15(14)19-17(18)21/h3-9,22H,10H2,1-2H3,(H,19,21). The zero-order chi connectivity index (χ0) is 15.9. The molecule has 0 saturated heterocycles. The summed E-state index contributed by atoms with van der Waals surface area (Å²) in [5.74, 6) is -0.802. The molecular weight excluding hydrogens is 278 g/mol. The minimum atomic E-state index is -1.80. The lowest BCUT2D eigenvalue weighted by atomic mass is 9.87. The van der Waals surface area contributed by atoms with Crippen LogP contribution in [-0.2, 0) is 10.4 Å². The van der Waals surface area contributed by atoms with Crippen LogP contribution in [0.1, 0.15) is 33.5 Å². The number of Topliss-reactive ketones (excluding diaryl/α,β-unsaturated/α-hetero) is 1. The van der Waals surface area contributed by atoms with Crippen LogP contribution < -0.4 is 5.32 Å². The van der Waals surface area contributed by atoms with Crippen molar-refractivity contribution >= 4 is 17.4 Å². The molecule has 2 aromatic carbocycles. The number of fused-ring (bicyclic) bond motifs is 1. The third kappa shape index (κ3) is 2.22. The zero-order valence-corrected chi connectivity index (χ0v) is 12.5. The van der Waals surface area contributed by atoms with E-state index in [1.165, 1.54) is 0 Å². The van der Waals surface area contributed by atoms with Gasteiger partial charge in [-0.05, 0) is 37.1 Å². The fraction of sp³-hybridized carbons (Fsp3) is 0.222. The fourth-order valence-corrected chi connectivity index (χ4v) is 2.73. The quantitative estimate of drug-likeness (QED) is 0.856. The number of anilines is 1. The van der Waals surface area contributed by atoms with Gasteiger partial charge in [-0.3, -0.25) is 9.59 Å². The summed E-state index contributed by atoms with van der Waals surface area (Å²) < 4.78 is 0. The summed E-state index contributed by atoms with van der Waals surface area (Å²) in [5.41, 5.74) is 1.83. The molecule has 0 radical (unpaired) electrons. The van der Waals surface area contributed by atoms with Crippen LogP contribution in [0.5, 0.6) is 0 Å². The molecule has 3 rings (SSSR count). The molecule has 2 aromatic rings. The molecule has 0 aliphatic carbocycles. The Labute approximate surface area is 128 Å². The number of ketones is 1. The van der Waals surface area contributed by atoms with Crippen molar-refractivity contribution in [2.75, 3.05) is 5.32 Å². The molecule has 1 aliphatic rings. The molecule has 0 spiro atoms. The maximum absolute atomic E-state index is 12.5. The average molecular weight is 295 g/mol. The summed E-state index contributed by atoms with van der Waals surface area (Å²) in [6, 6.07) is 12.3. The maximum Gasteiger partial charge on any atom is 0.261 e. The molecule has 1 aliphatic heterocycles. The number of carbonyl (C=O) groups is 2. The van der Waals surface area contributed by atoms with Crippen molar-refractivity contribution in [3.05, 3.63) is 64.7 Å². The van der Waals surface area contributed by atoms with Gasteiger partial charge in [-0.25, -0.2) is 0 Å². The molecule has 0 saturated carbocycles. The summed E-state index contributed by atoms with van der Waals surface area (Å²) in [7, 11) is 0. The first-order chi connectivity index (χ1) is 10.4. The second-order valence-electron chi connectivity index (χ2n) is 5.76. The van der Waals surface area contributed by atoms with Crippen molar-refractivity contribution in [3.63, 3.8) is 0 Å². The largest absolute Gasteiger partial charge is 0.375 e. The predicted octanol–water partition coefficient (Wildman–Crippen LogP) is 2.72. The van der Waals surface area contributed by atoms with Crippen molar-refractivity contribution in [1.82, 2.24) is 0 Å². The minimum Gasteiger partial charge on any atom is -0.375 e. The number of benzene rings is 2. The van der Waals surface area contributed by atoms with Crippen LogP contribution in [0.3, 0.4) is 0 Å². The van der Waals surface area contributed by atoms with Crippen molar-refractivity contribution < 1.29 is 14.7 Å². The highest BCUT2D eigenvalue weighted by Crippen LogP contribution is 2.38. The Morgan fingerprint density at radius 3 is 2.59 bits per heavy atom. The highest BCUT2D eigenvalue weighted by molar-refractivity contribution is 6.09. The zero-order valence-electron chi connectivity index (χ0n) is 12.5. The Balaban J connectivity index is 1.93. The van der Waals surface area contributed by atoms with Gasteiger partial charge >= 0.3 is 0 Å². The third-order valence-corrected chi connectivity index (χ3v) is 4.24. The highest BCUT2D eigenvalue weighted by Gasteiger charge is 2.46. The van der Waals surface area contributed by atoms with Crippen LogP contribution in [0.4, 0.5) is 5.69 Å². The van der Waals surface area contributed by atoms with Gasteiger partial charge in [-0.1, -0.05) is 30.3 Å². The van der Waals surface area contributed by atoms with E-state index in [1.54, 1.807) is 36.4 Å². The second kappa shape index (κ2) is 5.07. The molecule has 0 bridgehead atoms. The van der Waals surface area contributed by atoms with Gasteiger partial charge in [-0.15, -0.1) is 0 Å². The van der Waals surface area contributed by atoms with Crippen LogP contribution in [-0.4, -0.2) is 16.8 Å². The van der Waals surface area contributed by atoms with Crippen LogP contribution in [0.2, 0.25) is 0 Å². The second-order valence-corrected chi connectivity index (χ2v) is 5.76. The normalized spacial score (nSPS) is 19.7. The average Bonchev–Trinajstić information content (AvgIpc) is 2.74. The summed E-state index contributed by atoms with van der Waals surface area (Å²) in [6.07, 6.45) is -0.266. The van der Waals surface area contributed by atoms with E-state index in [4.69, 9.17) is 0 Å². The van der Waals surface area contributed by atoms with Crippen LogP contribution >= 0.6 is 0 Å². The summed E-state index contributed by atoms with van der Waals surface area (Å²) in [5, 5.41) is 13.4. The van der Waals surface area contributed by atoms with E-state index in [1.807, 2.05) is 19.9 Å². The number of aryl methyl sites for hydroxylation is 2. The van der Waals surface area contributed by atoms with E-state index < -0.39 is 11.5 Å². The number of hydrogen-bond donors (Lipinski definition) is 2. The third-order valence-electron chi connectivity index (χ3n) is 4.24. The number of amides is 1. The van der Waals surface area contributed by atoms with Gasteiger partial charge in [0.05, 0.1) is 6.42 Å². The van der Waals surface area contributed by atoms with Crippen LogP contribution in [0.15, 0.2) is 42.5 Å². The van der Waals surface area contributed by atoms with Crippen molar-refractivity contribution in [1.29, 1.82) is 0 Å². The Morgan fingerprint density at radius 2 is 1.86 bits per heavy atom. The van der Waals surface area contributed by atoms with E-state index in [9.17, 15) is 14.7 Å². The van der Waals surface area contributed by atoms with E-state index in [0.29, 0.717) is 16.8 Å². The lowest BCUT2D eigenvalue weighted by Crippen LogP contribution is -2.36.